The zero-order valence-electron chi connectivity index (χ0n) is 13.1. The fourth-order valence-electron chi connectivity index (χ4n) is 2.79. The van der Waals surface area contributed by atoms with Gasteiger partial charge in [0.25, 0.3) is 0 Å². The molecule has 1 aromatic carbocycles. The molecule has 0 saturated carbocycles. The first kappa shape index (κ1) is 16.1. The van der Waals surface area contributed by atoms with Crippen molar-refractivity contribution in [2.24, 2.45) is 5.92 Å². The van der Waals surface area contributed by atoms with Gasteiger partial charge >= 0.3 is 0 Å². The lowest BCUT2D eigenvalue weighted by molar-refractivity contribution is -0.130. The maximum absolute atomic E-state index is 12.9. The Morgan fingerprint density at radius 2 is 2.22 bits per heavy atom. The number of nitrogens with one attached hydrogen (secondary N) is 1. The number of amides is 1. The average molecular weight is 333 g/mol. The maximum atomic E-state index is 12.9. The Balaban J connectivity index is 1.56. The lowest BCUT2D eigenvalue weighted by Gasteiger charge is -2.30. The van der Waals surface area contributed by atoms with Gasteiger partial charge < -0.3 is 9.88 Å². The van der Waals surface area contributed by atoms with Crippen molar-refractivity contribution in [1.82, 2.24) is 14.9 Å². The number of likely N-dealkylation sites (tertiary alicyclic amines) is 1. The number of aromatic nitrogens is 2. The quantitative estimate of drug-likeness (QED) is 0.870. The van der Waals surface area contributed by atoms with Crippen LogP contribution in [0.25, 0.3) is 11.3 Å². The topological polar surface area (TPSA) is 49.0 Å². The summed E-state index contributed by atoms with van der Waals surface area (Å²) in [5.41, 5.74) is 1.70. The van der Waals surface area contributed by atoms with Gasteiger partial charge in [0.1, 0.15) is 5.82 Å². The molecular weight excluding hydrogens is 313 g/mol. The Hall–Kier alpha value is -1.82. The highest BCUT2D eigenvalue weighted by Crippen LogP contribution is 2.23. The van der Waals surface area contributed by atoms with E-state index in [0.717, 1.165) is 30.8 Å². The fourth-order valence-corrected chi connectivity index (χ4v) is 3.54. The number of benzene rings is 1. The largest absolute Gasteiger partial charge is 0.342 e. The van der Waals surface area contributed by atoms with E-state index < -0.39 is 0 Å². The summed E-state index contributed by atoms with van der Waals surface area (Å²) in [5.74, 6) is 0.889. The first-order chi connectivity index (χ1) is 11.1. The van der Waals surface area contributed by atoms with Crippen molar-refractivity contribution in [3.63, 3.8) is 0 Å². The van der Waals surface area contributed by atoms with E-state index in [4.69, 9.17) is 0 Å². The number of aromatic amines is 1. The summed E-state index contributed by atoms with van der Waals surface area (Å²) in [6.45, 7) is 3.91. The lowest BCUT2D eigenvalue weighted by Crippen LogP contribution is -2.40. The smallest absolute Gasteiger partial charge is 0.233 e. The van der Waals surface area contributed by atoms with Gasteiger partial charge in [-0.15, -0.1) is 0 Å². The van der Waals surface area contributed by atoms with Crippen LogP contribution >= 0.6 is 11.8 Å². The number of hydrogen-bond donors (Lipinski definition) is 1. The second-order valence-electron chi connectivity index (χ2n) is 5.98. The number of imidazole rings is 1. The minimum Gasteiger partial charge on any atom is -0.342 e. The highest BCUT2D eigenvalue weighted by molar-refractivity contribution is 7.99. The van der Waals surface area contributed by atoms with Crippen LogP contribution in [0.5, 0.6) is 0 Å². The predicted octanol–water partition coefficient (Wildman–Crippen LogP) is 3.57. The van der Waals surface area contributed by atoms with Crippen molar-refractivity contribution in [3.05, 3.63) is 36.3 Å². The van der Waals surface area contributed by atoms with Crippen molar-refractivity contribution >= 4 is 17.7 Å². The van der Waals surface area contributed by atoms with Crippen molar-refractivity contribution in [2.75, 3.05) is 18.8 Å². The number of piperidine rings is 1. The van der Waals surface area contributed by atoms with E-state index >= 15 is 0 Å². The molecule has 0 radical (unpaired) electrons. The van der Waals surface area contributed by atoms with Crippen LogP contribution in [-0.4, -0.2) is 39.6 Å². The summed E-state index contributed by atoms with van der Waals surface area (Å²) >= 11 is 1.41. The molecule has 122 valence electrons. The Kier molecular flexibility index (Phi) is 5.00. The molecule has 1 aliphatic heterocycles. The van der Waals surface area contributed by atoms with Crippen molar-refractivity contribution in [3.8, 4) is 11.3 Å². The van der Waals surface area contributed by atoms with Crippen molar-refractivity contribution in [2.45, 2.75) is 24.9 Å². The van der Waals surface area contributed by atoms with Crippen molar-refractivity contribution in [1.29, 1.82) is 0 Å². The SMILES string of the molecule is CC1CCCN(C(=O)CSc2ncc(-c3ccc(F)cc3)[nH]2)C1. The standard InChI is InChI=1S/C17H20FN3OS/c1-12-3-2-8-21(10-12)16(22)11-23-17-19-9-15(20-17)13-4-6-14(18)7-5-13/h4-7,9,12H,2-3,8,10-11H2,1H3,(H,19,20). The molecule has 1 amide bonds. The van der Waals surface area contributed by atoms with Crippen LogP contribution in [0, 0.1) is 11.7 Å². The highest BCUT2D eigenvalue weighted by Gasteiger charge is 2.21. The van der Waals surface area contributed by atoms with Gasteiger partial charge in [0.2, 0.25) is 5.91 Å². The Morgan fingerprint density at radius 3 is 2.96 bits per heavy atom. The molecule has 1 N–H and O–H groups in total. The van der Waals surface area contributed by atoms with Crippen LogP contribution in [0.4, 0.5) is 4.39 Å². The first-order valence-corrected chi connectivity index (χ1v) is 8.82. The molecule has 1 atom stereocenters. The third-order valence-electron chi connectivity index (χ3n) is 4.05. The maximum Gasteiger partial charge on any atom is 0.233 e. The molecule has 23 heavy (non-hydrogen) atoms. The Labute approximate surface area is 139 Å². The van der Waals surface area contributed by atoms with Gasteiger partial charge in [-0.05, 0) is 48.6 Å². The van der Waals surface area contributed by atoms with Crippen LogP contribution in [0.1, 0.15) is 19.8 Å². The molecule has 2 heterocycles. The van der Waals surface area contributed by atoms with E-state index in [1.165, 1.54) is 30.3 Å². The molecule has 2 aromatic rings. The van der Waals surface area contributed by atoms with Gasteiger partial charge in [0.15, 0.2) is 5.16 Å². The fraction of sp³-hybridized carbons (Fsp3) is 0.412. The van der Waals surface area contributed by atoms with Gasteiger partial charge in [-0.25, -0.2) is 9.37 Å². The summed E-state index contributed by atoms with van der Waals surface area (Å²) in [5, 5.41) is 0.711. The molecule has 0 bridgehead atoms. The molecular formula is C17H20FN3OS. The Bertz CT molecular complexity index is 671. The van der Waals surface area contributed by atoms with Crippen LogP contribution in [0.15, 0.2) is 35.6 Å². The monoisotopic (exact) mass is 333 g/mol. The van der Waals surface area contributed by atoms with E-state index in [0.29, 0.717) is 16.8 Å². The van der Waals surface area contributed by atoms with Crippen LogP contribution in [0.3, 0.4) is 0 Å². The number of thioether (sulfide) groups is 1. The van der Waals surface area contributed by atoms with Crippen molar-refractivity contribution < 1.29 is 9.18 Å². The molecule has 1 unspecified atom stereocenters. The van der Waals surface area contributed by atoms with Crippen LogP contribution < -0.4 is 0 Å². The van der Waals surface area contributed by atoms with Gasteiger partial charge in [-0.2, -0.15) is 0 Å². The van der Waals surface area contributed by atoms with Crippen LogP contribution in [-0.2, 0) is 4.79 Å². The predicted molar refractivity (Wildman–Crippen MR) is 89.7 cm³/mol. The van der Waals surface area contributed by atoms with E-state index in [1.807, 2.05) is 4.90 Å². The number of H-pyrrole nitrogens is 1. The molecule has 1 aromatic heterocycles. The summed E-state index contributed by atoms with van der Waals surface area (Å²) in [6, 6.07) is 6.25. The number of nitrogens with zero attached hydrogens (tertiary/aromatic N) is 2. The number of carbonyl (C=O) groups is 1. The van der Waals surface area contributed by atoms with E-state index in [1.54, 1.807) is 18.3 Å². The number of carbonyl (C=O) groups excluding carboxylic acids is 1. The minimum atomic E-state index is -0.260. The van der Waals surface area contributed by atoms with Gasteiger partial charge in [-0.1, -0.05) is 18.7 Å². The number of rotatable bonds is 4. The second kappa shape index (κ2) is 7.17. The molecule has 1 fully saturated rings. The molecule has 0 aliphatic carbocycles. The molecule has 0 spiro atoms. The summed E-state index contributed by atoms with van der Waals surface area (Å²) in [6.07, 6.45) is 4.01. The first-order valence-electron chi connectivity index (χ1n) is 7.83. The van der Waals surface area contributed by atoms with E-state index in [-0.39, 0.29) is 11.7 Å². The molecule has 1 aliphatic rings. The van der Waals surface area contributed by atoms with Gasteiger partial charge in [0, 0.05) is 13.1 Å². The van der Waals surface area contributed by atoms with Gasteiger partial charge in [-0.3, -0.25) is 4.79 Å². The Morgan fingerprint density at radius 1 is 1.43 bits per heavy atom. The summed E-state index contributed by atoms with van der Waals surface area (Å²) in [7, 11) is 0. The average Bonchev–Trinajstić information content (AvgIpc) is 3.02. The number of halogens is 1. The normalized spacial score (nSPS) is 18.2. The zero-order valence-corrected chi connectivity index (χ0v) is 13.9. The molecule has 6 heteroatoms. The van der Waals surface area contributed by atoms with Crippen LogP contribution in [0.2, 0.25) is 0 Å². The van der Waals surface area contributed by atoms with E-state index in [9.17, 15) is 9.18 Å². The zero-order chi connectivity index (χ0) is 16.2. The van der Waals surface area contributed by atoms with E-state index in [2.05, 4.69) is 16.9 Å². The minimum absolute atomic E-state index is 0.168. The molecule has 3 rings (SSSR count). The highest BCUT2D eigenvalue weighted by atomic mass is 32.2. The molecule has 4 nitrogen and oxygen atoms in total. The lowest BCUT2D eigenvalue weighted by atomic mass is 10.0. The number of hydrogen-bond acceptors (Lipinski definition) is 3. The third kappa shape index (κ3) is 4.13. The third-order valence-corrected chi connectivity index (χ3v) is 4.92. The molecule has 1 saturated heterocycles. The summed E-state index contributed by atoms with van der Waals surface area (Å²) < 4.78 is 12.9. The van der Waals surface area contributed by atoms with Gasteiger partial charge in [0.05, 0.1) is 17.6 Å². The second-order valence-corrected chi connectivity index (χ2v) is 6.95. The summed E-state index contributed by atoms with van der Waals surface area (Å²) in [4.78, 5) is 21.7.